The fourth-order valence-electron chi connectivity index (χ4n) is 3.79. The number of ether oxygens (including phenoxy) is 1. The highest BCUT2D eigenvalue weighted by Gasteiger charge is 2.21. The summed E-state index contributed by atoms with van der Waals surface area (Å²) in [6, 6.07) is 14.1. The third kappa shape index (κ3) is 5.72. The summed E-state index contributed by atoms with van der Waals surface area (Å²) in [6.45, 7) is 8.38. The monoisotopic (exact) mass is 398 g/mol. The van der Waals surface area contributed by atoms with Crippen molar-refractivity contribution in [2.24, 2.45) is 5.92 Å². The Labute approximate surface area is 173 Å². The van der Waals surface area contributed by atoms with Crippen LogP contribution in [0.2, 0.25) is 0 Å². The summed E-state index contributed by atoms with van der Waals surface area (Å²) >= 11 is 0. The molecule has 0 aliphatic carbocycles. The summed E-state index contributed by atoms with van der Waals surface area (Å²) in [4.78, 5) is 15.1. The lowest BCUT2D eigenvalue weighted by molar-refractivity contribution is -0.128. The van der Waals surface area contributed by atoms with Crippen LogP contribution in [0.4, 0.5) is 10.1 Å². The molecule has 0 bridgehead atoms. The van der Waals surface area contributed by atoms with E-state index in [-0.39, 0.29) is 17.8 Å². The lowest BCUT2D eigenvalue weighted by atomic mass is 9.99. The molecule has 0 aromatic heterocycles. The van der Waals surface area contributed by atoms with E-state index in [1.165, 1.54) is 42.8 Å². The van der Waals surface area contributed by atoms with Crippen LogP contribution in [0.3, 0.4) is 0 Å². The number of carbonyl (C=O) groups excluding carboxylic acids is 1. The van der Waals surface area contributed by atoms with Gasteiger partial charge in [0.15, 0.2) is 6.10 Å². The molecule has 0 unspecified atom stereocenters. The van der Waals surface area contributed by atoms with Crippen LogP contribution >= 0.6 is 0 Å². The van der Waals surface area contributed by atoms with E-state index in [9.17, 15) is 9.18 Å². The van der Waals surface area contributed by atoms with Crippen molar-refractivity contribution in [2.75, 3.05) is 18.0 Å². The predicted molar refractivity (Wildman–Crippen MR) is 115 cm³/mol. The molecule has 1 aliphatic heterocycles. The number of amides is 1. The summed E-state index contributed by atoms with van der Waals surface area (Å²) in [7, 11) is 0. The lowest BCUT2D eigenvalue weighted by Crippen LogP contribution is -2.39. The number of benzene rings is 2. The first kappa shape index (κ1) is 21.2. The number of piperidine rings is 1. The van der Waals surface area contributed by atoms with E-state index in [0.717, 1.165) is 24.6 Å². The van der Waals surface area contributed by atoms with Gasteiger partial charge in [0.1, 0.15) is 11.6 Å². The first-order chi connectivity index (χ1) is 14.0. The van der Waals surface area contributed by atoms with Gasteiger partial charge in [0, 0.05) is 18.8 Å². The largest absolute Gasteiger partial charge is 0.481 e. The van der Waals surface area contributed by atoms with Crippen molar-refractivity contribution in [2.45, 2.75) is 52.2 Å². The van der Waals surface area contributed by atoms with Crippen molar-refractivity contribution in [3.05, 3.63) is 59.9 Å². The number of rotatable bonds is 7. The van der Waals surface area contributed by atoms with Gasteiger partial charge in [-0.1, -0.05) is 26.0 Å². The number of anilines is 1. The number of hydrogen-bond acceptors (Lipinski definition) is 3. The van der Waals surface area contributed by atoms with E-state index in [1.807, 2.05) is 13.8 Å². The number of halogens is 1. The molecule has 1 saturated heterocycles. The Balaban J connectivity index is 1.58. The fourth-order valence-corrected chi connectivity index (χ4v) is 3.79. The zero-order valence-corrected chi connectivity index (χ0v) is 17.5. The maximum absolute atomic E-state index is 13.1. The lowest BCUT2D eigenvalue weighted by Gasteiger charge is -2.33. The van der Waals surface area contributed by atoms with E-state index in [4.69, 9.17) is 4.74 Å². The standard InChI is InChI=1S/C24H31FN2O2/c1-4-23(29-22-13-9-20(25)10-14-22)24(28)26-18(3)19-7-11-21(12-8-19)27-15-5-6-17(2)16-27/h7-14,17-18,23H,4-6,15-16H2,1-3H3,(H,26,28)/t17-,18+,23-/m0/s1. The van der Waals surface area contributed by atoms with Gasteiger partial charge >= 0.3 is 0 Å². The summed E-state index contributed by atoms with van der Waals surface area (Å²) in [5.74, 6) is 0.721. The second kappa shape index (κ2) is 9.77. The Morgan fingerprint density at radius 2 is 1.90 bits per heavy atom. The Morgan fingerprint density at radius 1 is 1.21 bits per heavy atom. The van der Waals surface area contributed by atoms with Crippen molar-refractivity contribution in [3.63, 3.8) is 0 Å². The third-order valence-electron chi connectivity index (χ3n) is 5.53. The minimum atomic E-state index is -0.614. The molecule has 2 aromatic carbocycles. The summed E-state index contributed by atoms with van der Waals surface area (Å²) in [5, 5.41) is 3.03. The Kier molecular flexibility index (Phi) is 7.13. The first-order valence-electron chi connectivity index (χ1n) is 10.5. The van der Waals surface area contributed by atoms with Gasteiger partial charge in [-0.25, -0.2) is 4.39 Å². The van der Waals surface area contributed by atoms with Crippen LogP contribution in [0.25, 0.3) is 0 Å². The van der Waals surface area contributed by atoms with Crippen molar-refractivity contribution < 1.29 is 13.9 Å². The van der Waals surface area contributed by atoms with E-state index in [0.29, 0.717) is 12.2 Å². The zero-order valence-electron chi connectivity index (χ0n) is 17.5. The maximum Gasteiger partial charge on any atom is 0.261 e. The minimum absolute atomic E-state index is 0.123. The van der Waals surface area contributed by atoms with Crippen LogP contribution in [0.15, 0.2) is 48.5 Å². The van der Waals surface area contributed by atoms with Gasteiger partial charge in [-0.2, -0.15) is 0 Å². The molecule has 5 heteroatoms. The third-order valence-corrected chi connectivity index (χ3v) is 5.53. The normalized spacial score (nSPS) is 18.8. The van der Waals surface area contributed by atoms with Gasteiger partial charge in [0.05, 0.1) is 6.04 Å². The van der Waals surface area contributed by atoms with Crippen LogP contribution in [-0.2, 0) is 4.79 Å². The number of carbonyl (C=O) groups is 1. The van der Waals surface area contributed by atoms with Gasteiger partial charge in [0.25, 0.3) is 5.91 Å². The van der Waals surface area contributed by atoms with Crippen molar-refractivity contribution in [3.8, 4) is 5.75 Å². The minimum Gasteiger partial charge on any atom is -0.481 e. The maximum atomic E-state index is 13.1. The molecular formula is C24H31FN2O2. The molecule has 4 nitrogen and oxygen atoms in total. The average Bonchev–Trinajstić information content (AvgIpc) is 2.73. The van der Waals surface area contributed by atoms with Crippen molar-refractivity contribution in [1.82, 2.24) is 5.32 Å². The summed E-state index contributed by atoms with van der Waals surface area (Å²) < 4.78 is 18.8. The van der Waals surface area contributed by atoms with Crippen LogP contribution in [0, 0.1) is 11.7 Å². The van der Waals surface area contributed by atoms with Gasteiger partial charge in [0.2, 0.25) is 0 Å². The molecular weight excluding hydrogens is 367 g/mol. The van der Waals surface area contributed by atoms with Gasteiger partial charge in [-0.05, 0) is 74.1 Å². The molecule has 1 aliphatic rings. The Morgan fingerprint density at radius 3 is 2.52 bits per heavy atom. The molecule has 3 atom stereocenters. The molecule has 1 N–H and O–H groups in total. The van der Waals surface area contributed by atoms with Crippen molar-refractivity contribution in [1.29, 1.82) is 0 Å². The molecule has 29 heavy (non-hydrogen) atoms. The van der Waals surface area contributed by atoms with Crippen molar-refractivity contribution >= 4 is 11.6 Å². The number of nitrogens with one attached hydrogen (secondary N) is 1. The van der Waals surface area contributed by atoms with Gasteiger partial charge in [-0.15, -0.1) is 0 Å². The smallest absolute Gasteiger partial charge is 0.261 e. The fraction of sp³-hybridized carbons (Fsp3) is 0.458. The molecule has 2 aromatic rings. The molecule has 0 spiro atoms. The first-order valence-corrected chi connectivity index (χ1v) is 10.5. The molecule has 1 fully saturated rings. The Bertz CT molecular complexity index is 792. The molecule has 0 saturated carbocycles. The second-order valence-corrected chi connectivity index (χ2v) is 7.98. The van der Waals surface area contributed by atoms with Crippen LogP contribution in [0.1, 0.15) is 51.6 Å². The highest BCUT2D eigenvalue weighted by atomic mass is 19.1. The second-order valence-electron chi connectivity index (χ2n) is 7.98. The molecule has 156 valence electrons. The van der Waals surface area contributed by atoms with Gasteiger partial charge in [-0.3, -0.25) is 4.79 Å². The SMILES string of the molecule is CC[C@H](Oc1ccc(F)cc1)C(=O)N[C@H](C)c1ccc(N2CCC[C@H](C)C2)cc1. The summed E-state index contributed by atoms with van der Waals surface area (Å²) in [6.07, 6.45) is 2.46. The van der Waals surface area contributed by atoms with Gasteiger partial charge < -0.3 is 15.0 Å². The van der Waals surface area contributed by atoms with E-state index >= 15 is 0 Å². The van der Waals surface area contributed by atoms with E-state index in [2.05, 4.69) is 41.4 Å². The highest BCUT2D eigenvalue weighted by Crippen LogP contribution is 2.25. The Hall–Kier alpha value is -2.56. The zero-order chi connectivity index (χ0) is 20.8. The predicted octanol–water partition coefficient (Wildman–Crippen LogP) is 5.10. The molecule has 1 amide bonds. The summed E-state index contributed by atoms with van der Waals surface area (Å²) in [5.41, 5.74) is 2.30. The molecule has 1 heterocycles. The van der Waals surface area contributed by atoms with Crippen LogP contribution < -0.4 is 15.0 Å². The number of hydrogen-bond donors (Lipinski definition) is 1. The van der Waals surface area contributed by atoms with Crippen LogP contribution in [0.5, 0.6) is 5.75 Å². The topological polar surface area (TPSA) is 41.6 Å². The van der Waals surface area contributed by atoms with E-state index in [1.54, 1.807) is 0 Å². The van der Waals surface area contributed by atoms with E-state index < -0.39 is 6.10 Å². The molecule has 3 rings (SSSR count). The average molecular weight is 399 g/mol. The number of nitrogens with zero attached hydrogens (tertiary/aromatic N) is 1. The quantitative estimate of drug-likeness (QED) is 0.706. The van der Waals surface area contributed by atoms with Crippen LogP contribution in [-0.4, -0.2) is 25.1 Å². The molecule has 0 radical (unpaired) electrons. The highest BCUT2D eigenvalue weighted by molar-refractivity contribution is 5.81.